The van der Waals surface area contributed by atoms with E-state index >= 15 is 0 Å². The summed E-state index contributed by atoms with van der Waals surface area (Å²) >= 11 is 0. The Labute approximate surface area is 72.1 Å². The lowest BCUT2D eigenvalue weighted by atomic mass is 9.99. The van der Waals surface area contributed by atoms with Gasteiger partial charge in [-0.2, -0.15) is 0 Å². The average Bonchev–Trinajstić information content (AvgIpc) is 2.65. The fourth-order valence-electron chi connectivity index (χ4n) is 1.43. The van der Waals surface area contributed by atoms with Gasteiger partial charge in [0.25, 0.3) is 0 Å². The zero-order chi connectivity index (χ0) is 9.24. The molecule has 1 fully saturated rings. The molecular formula is C9H16F2O. The number of hydrogen-bond acceptors (Lipinski definition) is 1. The molecule has 1 saturated carbocycles. The Morgan fingerprint density at radius 2 is 2.00 bits per heavy atom. The molecule has 0 radical (unpaired) electrons. The van der Waals surface area contributed by atoms with Gasteiger partial charge in [0.05, 0.1) is 6.61 Å². The summed E-state index contributed by atoms with van der Waals surface area (Å²) in [5.41, 5.74) is 0.105. The van der Waals surface area contributed by atoms with Crippen molar-refractivity contribution in [2.24, 2.45) is 5.41 Å². The van der Waals surface area contributed by atoms with E-state index in [-0.39, 0.29) is 11.8 Å². The molecule has 0 aromatic carbocycles. The molecule has 72 valence electrons. The van der Waals surface area contributed by atoms with Crippen LogP contribution in [0.3, 0.4) is 0 Å². The summed E-state index contributed by atoms with van der Waals surface area (Å²) < 4.78 is 29.9. The number of methoxy groups -OCH3 is 1. The zero-order valence-corrected chi connectivity index (χ0v) is 7.70. The summed E-state index contributed by atoms with van der Waals surface area (Å²) in [4.78, 5) is 0. The number of alkyl halides is 2. The molecule has 0 aliphatic heterocycles. The minimum atomic E-state index is -2.51. The lowest BCUT2D eigenvalue weighted by Gasteiger charge is -2.16. The van der Waals surface area contributed by atoms with Gasteiger partial charge in [-0.3, -0.25) is 0 Å². The molecule has 0 aromatic heterocycles. The van der Waals surface area contributed by atoms with E-state index in [0.29, 0.717) is 13.0 Å². The first-order chi connectivity index (χ1) is 5.47. The van der Waals surface area contributed by atoms with Crippen molar-refractivity contribution in [3.8, 4) is 0 Å². The molecule has 0 saturated heterocycles. The predicted octanol–water partition coefficient (Wildman–Crippen LogP) is 2.85. The maximum Gasteiger partial charge on any atom is 0.245 e. The van der Waals surface area contributed by atoms with E-state index in [0.717, 1.165) is 19.8 Å². The lowest BCUT2D eigenvalue weighted by Crippen LogP contribution is -2.16. The van der Waals surface area contributed by atoms with Gasteiger partial charge in [0, 0.05) is 13.5 Å². The lowest BCUT2D eigenvalue weighted by molar-refractivity contribution is 0.000357. The van der Waals surface area contributed by atoms with Crippen molar-refractivity contribution < 1.29 is 13.5 Å². The van der Waals surface area contributed by atoms with E-state index in [4.69, 9.17) is 4.74 Å². The monoisotopic (exact) mass is 178 g/mol. The topological polar surface area (TPSA) is 9.23 Å². The Hall–Kier alpha value is -0.180. The maximum absolute atomic E-state index is 12.5. The third-order valence-electron chi connectivity index (χ3n) is 2.50. The van der Waals surface area contributed by atoms with E-state index in [1.54, 1.807) is 7.11 Å². The second-order valence-corrected chi connectivity index (χ2v) is 4.00. The van der Waals surface area contributed by atoms with Crippen molar-refractivity contribution in [3.63, 3.8) is 0 Å². The Morgan fingerprint density at radius 3 is 2.33 bits per heavy atom. The summed E-state index contributed by atoms with van der Waals surface area (Å²) in [7, 11) is 1.63. The van der Waals surface area contributed by atoms with E-state index in [1.807, 2.05) is 0 Å². The van der Waals surface area contributed by atoms with Gasteiger partial charge in [0.1, 0.15) is 0 Å². The van der Waals surface area contributed by atoms with Crippen LogP contribution in [0.2, 0.25) is 0 Å². The zero-order valence-electron chi connectivity index (χ0n) is 7.70. The minimum Gasteiger partial charge on any atom is -0.384 e. The molecular weight excluding hydrogens is 162 g/mol. The van der Waals surface area contributed by atoms with Crippen molar-refractivity contribution in [2.75, 3.05) is 13.7 Å². The van der Waals surface area contributed by atoms with E-state index in [1.165, 1.54) is 0 Å². The Kier molecular flexibility index (Phi) is 2.71. The van der Waals surface area contributed by atoms with Crippen LogP contribution in [0.1, 0.15) is 32.6 Å². The molecule has 1 aliphatic carbocycles. The molecule has 0 unspecified atom stereocenters. The SMILES string of the molecule is COCC1(CCC(C)(F)F)CC1. The molecule has 0 aromatic rings. The highest BCUT2D eigenvalue weighted by atomic mass is 19.3. The van der Waals surface area contributed by atoms with Crippen LogP contribution in [0.5, 0.6) is 0 Å². The first-order valence-electron chi connectivity index (χ1n) is 4.34. The van der Waals surface area contributed by atoms with E-state index in [9.17, 15) is 8.78 Å². The predicted molar refractivity (Wildman–Crippen MR) is 43.4 cm³/mol. The highest BCUT2D eigenvalue weighted by molar-refractivity contribution is 4.93. The molecule has 1 aliphatic rings. The largest absolute Gasteiger partial charge is 0.384 e. The standard InChI is InChI=1S/C9H16F2O/c1-8(10,11)3-4-9(5-6-9)7-12-2/h3-7H2,1-2H3. The van der Waals surface area contributed by atoms with Gasteiger partial charge in [-0.25, -0.2) is 8.78 Å². The number of rotatable bonds is 5. The minimum absolute atomic E-state index is 0.00361. The van der Waals surface area contributed by atoms with Crippen LogP contribution < -0.4 is 0 Å². The molecule has 0 N–H and O–H groups in total. The molecule has 0 spiro atoms. The van der Waals surface area contributed by atoms with Crippen LogP contribution in [0.15, 0.2) is 0 Å². The molecule has 3 heteroatoms. The quantitative estimate of drug-likeness (QED) is 0.629. The average molecular weight is 178 g/mol. The van der Waals surface area contributed by atoms with Crippen LogP contribution in [-0.2, 0) is 4.74 Å². The van der Waals surface area contributed by atoms with Crippen LogP contribution >= 0.6 is 0 Å². The summed E-state index contributed by atoms with van der Waals surface area (Å²) in [6.07, 6.45) is 2.70. The third-order valence-corrected chi connectivity index (χ3v) is 2.50. The van der Waals surface area contributed by atoms with Gasteiger partial charge in [0.2, 0.25) is 5.92 Å². The van der Waals surface area contributed by atoms with Crippen LogP contribution in [-0.4, -0.2) is 19.6 Å². The van der Waals surface area contributed by atoms with Crippen molar-refractivity contribution in [1.82, 2.24) is 0 Å². The van der Waals surface area contributed by atoms with Gasteiger partial charge in [-0.15, -0.1) is 0 Å². The fraction of sp³-hybridized carbons (Fsp3) is 1.00. The van der Waals surface area contributed by atoms with Crippen LogP contribution in [0, 0.1) is 5.41 Å². The van der Waals surface area contributed by atoms with Crippen molar-refractivity contribution in [1.29, 1.82) is 0 Å². The number of ether oxygens (including phenoxy) is 1. The smallest absolute Gasteiger partial charge is 0.245 e. The normalized spacial score (nSPS) is 21.0. The third kappa shape index (κ3) is 3.05. The van der Waals surface area contributed by atoms with Crippen molar-refractivity contribution in [3.05, 3.63) is 0 Å². The van der Waals surface area contributed by atoms with Gasteiger partial charge in [0.15, 0.2) is 0 Å². The fourth-order valence-corrected chi connectivity index (χ4v) is 1.43. The Balaban J connectivity index is 2.22. The molecule has 0 bridgehead atoms. The Bertz CT molecular complexity index is 147. The van der Waals surface area contributed by atoms with Gasteiger partial charge >= 0.3 is 0 Å². The number of hydrogen-bond donors (Lipinski definition) is 0. The van der Waals surface area contributed by atoms with E-state index in [2.05, 4.69) is 0 Å². The molecule has 0 amide bonds. The van der Waals surface area contributed by atoms with Gasteiger partial charge in [-0.05, 0) is 31.6 Å². The summed E-state index contributed by atoms with van der Waals surface area (Å²) in [6.45, 7) is 1.62. The van der Waals surface area contributed by atoms with Crippen LogP contribution in [0.25, 0.3) is 0 Å². The summed E-state index contributed by atoms with van der Waals surface area (Å²) in [5, 5.41) is 0. The van der Waals surface area contributed by atoms with E-state index < -0.39 is 5.92 Å². The summed E-state index contributed by atoms with van der Waals surface area (Å²) in [5.74, 6) is -2.51. The molecule has 1 rings (SSSR count). The highest BCUT2D eigenvalue weighted by Gasteiger charge is 2.43. The maximum atomic E-state index is 12.5. The second kappa shape index (κ2) is 3.29. The highest BCUT2D eigenvalue weighted by Crippen LogP contribution is 2.50. The second-order valence-electron chi connectivity index (χ2n) is 4.00. The first-order valence-corrected chi connectivity index (χ1v) is 4.34. The number of halogens is 2. The van der Waals surface area contributed by atoms with Crippen molar-refractivity contribution in [2.45, 2.75) is 38.5 Å². The molecule has 0 heterocycles. The Morgan fingerprint density at radius 1 is 1.42 bits per heavy atom. The first kappa shape index (κ1) is 9.90. The molecule has 12 heavy (non-hydrogen) atoms. The molecule has 1 nitrogen and oxygen atoms in total. The van der Waals surface area contributed by atoms with Gasteiger partial charge < -0.3 is 4.74 Å². The van der Waals surface area contributed by atoms with Crippen molar-refractivity contribution >= 4 is 0 Å². The van der Waals surface area contributed by atoms with Gasteiger partial charge in [-0.1, -0.05) is 0 Å². The molecule has 0 atom stereocenters. The summed E-state index contributed by atoms with van der Waals surface area (Å²) in [6, 6.07) is 0. The van der Waals surface area contributed by atoms with Crippen LogP contribution in [0.4, 0.5) is 8.78 Å².